The Morgan fingerprint density at radius 3 is 2.60 bits per heavy atom. The summed E-state index contributed by atoms with van der Waals surface area (Å²) in [6.07, 6.45) is 3.56. The van der Waals surface area contributed by atoms with Gasteiger partial charge in [0.05, 0.1) is 11.5 Å². The standard InChI is InChI=1S/C28H33F2N3O2/c1-20(2)28(19-31,22-9-4-3-5-10-22)15-7-6-12-26(34)33-16-8-11-25(33)27(35)32-18-21-17-23(29)13-14-24(21)30/h3-5,9-10,13-14,17,20,25H,6-8,11-12,15-16,18H2,1-2H3,(H,32,35)/t25-,28+/m1/s1. The molecule has 1 aliphatic rings. The molecular formula is C28H33F2N3O2. The number of unbranched alkanes of at least 4 members (excludes halogenated alkanes) is 1. The molecule has 2 aromatic carbocycles. The Hall–Kier alpha value is -3.27. The molecule has 1 N–H and O–H groups in total. The summed E-state index contributed by atoms with van der Waals surface area (Å²) >= 11 is 0. The highest BCUT2D eigenvalue weighted by Gasteiger charge is 2.36. The maximum atomic E-state index is 13.8. The van der Waals surface area contributed by atoms with Crippen molar-refractivity contribution in [2.24, 2.45) is 5.92 Å². The van der Waals surface area contributed by atoms with Crippen molar-refractivity contribution < 1.29 is 18.4 Å². The molecule has 0 saturated carbocycles. The SMILES string of the molecule is CC(C)[C@@](C#N)(CCCCC(=O)N1CCC[C@@H]1C(=O)NCc1cc(F)ccc1F)c1ccccc1. The second-order valence-corrected chi connectivity index (χ2v) is 9.51. The van der Waals surface area contributed by atoms with Gasteiger partial charge in [-0.3, -0.25) is 9.59 Å². The first-order valence-corrected chi connectivity index (χ1v) is 12.3. The third-order valence-electron chi connectivity index (χ3n) is 7.02. The lowest BCUT2D eigenvalue weighted by Crippen LogP contribution is -2.45. The lowest BCUT2D eigenvalue weighted by Gasteiger charge is -2.31. The number of nitrogens with one attached hydrogen (secondary N) is 1. The minimum Gasteiger partial charge on any atom is -0.350 e. The number of amides is 2. The van der Waals surface area contributed by atoms with Gasteiger partial charge in [-0.25, -0.2) is 8.78 Å². The number of benzene rings is 2. The Balaban J connectivity index is 1.53. The van der Waals surface area contributed by atoms with Crippen LogP contribution in [0, 0.1) is 28.9 Å². The third kappa shape index (κ3) is 6.25. The van der Waals surface area contributed by atoms with Crippen molar-refractivity contribution in [3.63, 3.8) is 0 Å². The second-order valence-electron chi connectivity index (χ2n) is 9.51. The van der Waals surface area contributed by atoms with Gasteiger partial charge in [0.2, 0.25) is 11.8 Å². The van der Waals surface area contributed by atoms with Crippen LogP contribution in [-0.2, 0) is 21.5 Å². The summed E-state index contributed by atoms with van der Waals surface area (Å²) in [4.78, 5) is 27.2. The summed E-state index contributed by atoms with van der Waals surface area (Å²) in [5, 5.41) is 12.7. The Labute approximate surface area is 206 Å². The van der Waals surface area contributed by atoms with Crippen LogP contribution in [0.3, 0.4) is 0 Å². The molecule has 0 aliphatic carbocycles. The van der Waals surface area contributed by atoms with E-state index in [1.54, 1.807) is 4.90 Å². The Bertz CT molecular complexity index is 1070. The molecule has 5 nitrogen and oxygen atoms in total. The highest BCUT2D eigenvalue weighted by atomic mass is 19.1. The number of nitriles is 1. The molecule has 1 heterocycles. The fourth-order valence-corrected chi connectivity index (χ4v) is 4.89. The van der Waals surface area contributed by atoms with E-state index in [1.807, 2.05) is 44.2 Å². The topological polar surface area (TPSA) is 73.2 Å². The monoisotopic (exact) mass is 481 g/mol. The fraction of sp³-hybridized carbons (Fsp3) is 0.464. The highest BCUT2D eigenvalue weighted by molar-refractivity contribution is 5.88. The van der Waals surface area contributed by atoms with Crippen LogP contribution in [0.1, 0.15) is 63.5 Å². The molecule has 7 heteroatoms. The van der Waals surface area contributed by atoms with Gasteiger partial charge in [-0.1, -0.05) is 50.6 Å². The predicted molar refractivity (Wildman–Crippen MR) is 130 cm³/mol. The molecule has 3 rings (SSSR count). The molecule has 0 bridgehead atoms. The van der Waals surface area contributed by atoms with E-state index in [2.05, 4.69) is 11.4 Å². The van der Waals surface area contributed by atoms with Gasteiger partial charge < -0.3 is 10.2 Å². The molecule has 2 aromatic rings. The molecule has 0 radical (unpaired) electrons. The molecule has 1 aliphatic heterocycles. The zero-order valence-corrected chi connectivity index (χ0v) is 20.4. The number of likely N-dealkylation sites (tertiary alicyclic amines) is 1. The molecule has 35 heavy (non-hydrogen) atoms. The fourth-order valence-electron chi connectivity index (χ4n) is 4.89. The quantitative estimate of drug-likeness (QED) is 0.471. The number of halogens is 2. The number of carbonyl (C=O) groups is 2. The molecule has 0 spiro atoms. The van der Waals surface area contributed by atoms with Crippen molar-refractivity contribution in [2.45, 2.75) is 70.4 Å². The van der Waals surface area contributed by atoms with Crippen molar-refractivity contribution in [3.05, 3.63) is 71.3 Å². The van der Waals surface area contributed by atoms with Crippen LogP contribution in [0.25, 0.3) is 0 Å². The van der Waals surface area contributed by atoms with Gasteiger partial charge in [0, 0.05) is 25.1 Å². The van der Waals surface area contributed by atoms with Gasteiger partial charge in [0.15, 0.2) is 0 Å². The predicted octanol–water partition coefficient (Wildman–Crippen LogP) is 5.25. The van der Waals surface area contributed by atoms with E-state index in [-0.39, 0.29) is 29.8 Å². The first-order valence-electron chi connectivity index (χ1n) is 12.3. The first-order chi connectivity index (χ1) is 16.8. The van der Waals surface area contributed by atoms with Crippen LogP contribution >= 0.6 is 0 Å². The summed E-state index contributed by atoms with van der Waals surface area (Å²) in [6, 6.07) is 14.8. The molecule has 1 saturated heterocycles. The van der Waals surface area contributed by atoms with Crippen molar-refractivity contribution in [2.75, 3.05) is 6.54 Å². The van der Waals surface area contributed by atoms with Gasteiger partial charge in [0.25, 0.3) is 0 Å². The molecule has 0 aromatic heterocycles. The summed E-state index contributed by atoms with van der Waals surface area (Å²) in [5.74, 6) is -1.48. The summed E-state index contributed by atoms with van der Waals surface area (Å²) in [5.41, 5.74) is 0.459. The molecule has 0 unspecified atom stereocenters. The largest absolute Gasteiger partial charge is 0.350 e. The average molecular weight is 482 g/mol. The van der Waals surface area contributed by atoms with Gasteiger partial charge in [-0.15, -0.1) is 0 Å². The average Bonchev–Trinajstić information content (AvgIpc) is 3.35. The van der Waals surface area contributed by atoms with Crippen LogP contribution in [0.4, 0.5) is 8.78 Å². The minimum atomic E-state index is -0.605. The lowest BCUT2D eigenvalue weighted by molar-refractivity contribution is -0.138. The van der Waals surface area contributed by atoms with E-state index in [9.17, 15) is 23.6 Å². The van der Waals surface area contributed by atoms with E-state index >= 15 is 0 Å². The van der Waals surface area contributed by atoms with Crippen molar-refractivity contribution in [1.29, 1.82) is 5.26 Å². The number of hydrogen-bond acceptors (Lipinski definition) is 3. The molecule has 2 amide bonds. The van der Waals surface area contributed by atoms with Crippen LogP contribution in [-0.4, -0.2) is 29.3 Å². The molecular weight excluding hydrogens is 448 g/mol. The van der Waals surface area contributed by atoms with Crippen molar-refractivity contribution in [3.8, 4) is 6.07 Å². The summed E-state index contributed by atoms with van der Waals surface area (Å²) < 4.78 is 27.2. The summed E-state index contributed by atoms with van der Waals surface area (Å²) in [6.45, 7) is 4.46. The zero-order chi connectivity index (χ0) is 25.4. The molecule has 186 valence electrons. The van der Waals surface area contributed by atoms with Gasteiger partial charge in [-0.2, -0.15) is 5.26 Å². The second kappa shape index (κ2) is 11.9. The van der Waals surface area contributed by atoms with E-state index in [1.165, 1.54) is 0 Å². The van der Waals surface area contributed by atoms with Crippen LogP contribution in [0.2, 0.25) is 0 Å². The van der Waals surface area contributed by atoms with Gasteiger partial charge in [-0.05, 0) is 55.4 Å². The number of hydrogen-bond donors (Lipinski definition) is 1. The van der Waals surface area contributed by atoms with Crippen LogP contribution in [0.15, 0.2) is 48.5 Å². The van der Waals surface area contributed by atoms with Gasteiger partial charge >= 0.3 is 0 Å². The number of rotatable bonds is 10. The van der Waals surface area contributed by atoms with Crippen LogP contribution < -0.4 is 5.32 Å². The maximum absolute atomic E-state index is 13.8. The van der Waals surface area contributed by atoms with E-state index in [0.29, 0.717) is 32.2 Å². The smallest absolute Gasteiger partial charge is 0.243 e. The van der Waals surface area contributed by atoms with Gasteiger partial charge in [0.1, 0.15) is 17.7 Å². The summed E-state index contributed by atoms with van der Waals surface area (Å²) in [7, 11) is 0. The lowest BCUT2D eigenvalue weighted by atomic mass is 9.69. The Kier molecular flexibility index (Phi) is 8.97. The number of carbonyl (C=O) groups excluding carboxylic acids is 2. The van der Waals surface area contributed by atoms with Crippen molar-refractivity contribution in [1.82, 2.24) is 10.2 Å². The van der Waals surface area contributed by atoms with Crippen molar-refractivity contribution >= 4 is 11.8 Å². The van der Waals surface area contributed by atoms with E-state index < -0.39 is 23.1 Å². The number of nitrogens with zero attached hydrogens (tertiary/aromatic N) is 2. The molecule has 1 fully saturated rings. The van der Waals surface area contributed by atoms with E-state index in [0.717, 1.165) is 36.6 Å². The minimum absolute atomic E-state index is 0.0683. The Morgan fingerprint density at radius 2 is 1.91 bits per heavy atom. The normalized spacial score (nSPS) is 17.1. The van der Waals surface area contributed by atoms with Crippen LogP contribution in [0.5, 0.6) is 0 Å². The zero-order valence-electron chi connectivity index (χ0n) is 20.4. The third-order valence-corrected chi connectivity index (χ3v) is 7.02. The maximum Gasteiger partial charge on any atom is 0.243 e. The molecule has 2 atom stereocenters. The first kappa shape index (κ1) is 26.3. The Morgan fingerprint density at radius 1 is 1.17 bits per heavy atom. The highest BCUT2D eigenvalue weighted by Crippen LogP contribution is 2.37. The van der Waals surface area contributed by atoms with E-state index in [4.69, 9.17) is 0 Å².